The number of carbonyl (C=O) groups is 1. The van der Waals surface area contributed by atoms with E-state index in [2.05, 4.69) is 20.5 Å². The number of aromatic nitrogens is 6. The molecule has 0 radical (unpaired) electrons. The van der Waals surface area contributed by atoms with Gasteiger partial charge in [0.2, 0.25) is 6.23 Å². The Morgan fingerprint density at radius 3 is 2.80 bits per heavy atom. The molecule has 25 heavy (non-hydrogen) atoms. The summed E-state index contributed by atoms with van der Waals surface area (Å²) in [5, 5.41) is 10.8. The monoisotopic (exact) mass is 343 g/mol. The van der Waals surface area contributed by atoms with Crippen molar-refractivity contribution in [3.63, 3.8) is 0 Å². The van der Waals surface area contributed by atoms with Crippen LogP contribution in [0, 0.1) is 12.7 Å². The lowest BCUT2D eigenvalue weighted by Gasteiger charge is -2.21. The van der Waals surface area contributed by atoms with Gasteiger partial charge in [-0.2, -0.15) is 4.68 Å². The highest BCUT2D eigenvalue weighted by Crippen LogP contribution is 2.33. The quantitative estimate of drug-likeness (QED) is 0.721. The Bertz CT molecular complexity index is 924. The van der Waals surface area contributed by atoms with E-state index in [1.807, 2.05) is 0 Å². The molecule has 0 saturated carbocycles. The van der Waals surface area contributed by atoms with Gasteiger partial charge in [0.1, 0.15) is 18.0 Å². The third-order valence-electron chi connectivity index (χ3n) is 4.16. The Morgan fingerprint density at radius 2 is 2.16 bits per heavy atom. The van der Waals surface area contributed by atoms with E-state index in [4.69, 9.17) is 4.74 Å². The van der Waals surface area contributed by atoms with Gasteiger partial charge in [-0.05, 0) is 42.5 Å². The first kappa shape index (κ1) is 15.2. The van der Waals surface area contributed by atoms with Gasteiger partial charge in [0.05, 0.1) is 17.4 Å². The average molecular weight is 343 g/mol. The van der Waals surface area contributed by atoms with Crippen molar-refractivity contribution in [3.05, 3.63) is 48.6 Å². The molecule has 10 heteroatoms. The van der Waals surface area contributed by atoms with Crippen LogP contribution in [0.25, 0.3) is 5.69 Å². The molecule has 1 aliphatic rings. The number of carbonyl (C=O) groups excluding carboxylic acids is 1. The van der Waals surface area contributed by atoms with Crippen LogP contribution in [0.4, 0.5) is 14.9 Å². The molecule has 0 bridgehead atoms. The second-order valence-electron chi connectivity index (χ2n) is 5.65. The maximum Gasteiger partial charge on any atom is 0.416 e. The number of anilines is 1. The zero-order chi connectivity index (χ0) is 17.6. The van der Waals surface area contributed by atoms with Crippen LogP contribution in [0.15, 0.2) is 36.9 Å². The van der Waals surface area contributed by atoms with E-state index >= 15 is 0 Å². The van der Waals surface area contributed by atoms with Crippen LogP contribution in [0.1, 0.15) is 19.0 Å². The van der Waals surface area contributed by atoms with Crippen LogP contribution < -0.4 is 4.90 Å². The number of tetrazole rings is 1. The highest BCUT2D eigenvalue weighted by molar-refractivity contribution is 5.90. The first-order valence-corrected chi connectivity index (χ1v) is 7.58. The number of amides is 1. The molecule has 2 atom stereocenters. The van der Waals surface area contributed by atoms with Gasteiger partial charge in [0.15, 0.2) is 0 Å². The van der Waals surface area contributed by atoms with Crippen molar-refractivity contribution in [1.82, 2.24) is 29.8 Å². The number of nitrogens with zero attached hydrogens (tertiary/aromatic N) is 7. The van der Waals surface area contributed by atoms with E-state index in [0.29, 0.717) is 17.2 Å². The number of aryl methyl sites for hydroxylation is 1. The van der Waals surface area contributed by atoms with Crippen LogP contribution >= 0.6 is 0 Å². The fraction of sp³-hybridized carbons (Fsp3) is 0.267. The molecule has 1 saturated heterocycles. The van der Waals surface area contributed by atoms with E-state index < -0.39 is 24.2 Å². The summed E-state index contributed by atoms with van der Waals surface area (Å²) < 4.78 is 22.9. The Morgan fingerprint density at radius 1 is 1.32 bits per heavy atom. The average Bonchev–Trinajstić information content (AvgIpc) is 3.29. The topological polar surface area (TPSA) is 91.0 Å². The molecule has 2 unspecified atom stereocenters. The highest BCUT2D eigenvalue weighted by atomic mass is 19.1. The lowest BCUT2D eigenvalue weighted by molar-refractivity contribution is 0.0781. The van der Waals surface area contributed by atoms with Crippen molar-refractivity contribution < 1.29 is 13.9 Å². The molecule has 3 aromatic rings. The molecular formula is C15H14FN7O2. The van der Waals surface area contributed by atoms with Crippen LogP contribution in [0.2, 0.25) is 0 Å². The van der Waals surface area contributed by atoms with Crippen molar-refractivity contribution in [2.24, 2.45) is 0 Å². The standard InChI is InChI=1S/C15H14FN7O2/c1-9-14(22-8-18-19-20-22)25-15(24)23(9)11-3-4-13(12(16)7-11)21-6-5-17-10(21)2/h3-9,14H,1-2H3. The molecule has 1 aromatic carbocycles. The number of cyclic esters (lactones) is 1. The zero-order valence-electron chi connectivity index (χ0n) is 13.4. The molecule has 9 nitrogen and oxygen atoms in total. The number of benzene rings is 1. The summed E-state index contributed by atoms with van der Waals surface area (Å²) in [6.45, 7) is 3.56. The number of ether oxygens (including phenoxy) is 1. The van der Waals surface area contributed by atoms with E-state index in [1.165, 1.54) is 22.0 Å². The Balaban J connectivity index is 1.67. The first-order valence-electron chi connectivity index (χ1n) is 7.58. The number of hydrogen-bond donors (Lipinski definition) is 0. The summed E-state index contributed by atoms with van der Waals surface area (Å²) in [6, 6.07) is 4.16. The largest absolute Gasteiger partial charge is 0.421 e. The molecule has 128 valence electrons. The zero-order valence-corrected chi connectivity index (χ0v) is 13.4. The lowest BCUT2D eigenvalue weighted by atomic mass is 10.2. The summed E-state index contributed by atoms with van der Waals surface area (Å²) in [5.74, 6) is 0.198. The third-order valence-corrected chi connectivity index (χ3v) is 4.16. The summed E-state index contributed by atoms with van der Waals surface area (Å²) in [4.78, 5) is 17.7. The van der Waals surface area contributed by atoms with Crippen LogP contribution in [-0.4, -0.2) is 41.9 Å². The Labute approximate surface area is 141 Å². The van der Waals surface area contributed by atoms with Crippen LogP contribution in [-0.2, 0) is 4.74 Å². The number of halogens is 1. The molecule has 1 fully saturated rings. The summed E-state index contributed by atoms with van der Waals surface area (Å²) in [7, 11) is 0. The molecule has 0 N–H and O–H groups in total. The van der Waals surface area contributed by atoms with Crippen molar-refractivity contribution in [3.8, 4) is 5.69 Å². The predicted molar refractivity (Wildman–Crippen MR) is 83.5 cm³/mol. The van der Waals surface area contributed by atoms with Gasteiger partial charge in [0, 0.05) is 12.4 Å². The molecule has 0 aliphatic carbocycles. The molecule has 1 aliphatic heterocycles. The molecule has 1 amide bonds. The minimum absolute atomic E-state index is 0.357. The molecular weight excluding hydrogens is 329 g/mol. The maximum absolute atomic E-state index is 14.6. The normalized spacial score (nSPS) is 20.1. The fourth-order valence-electron chi connectivity index (χ4n) is 2.93. The molecule has 4 rings (SSSR count). The van der Waals surface area contributed by atoms with E-state index in [9.17, 15) is 9.18 Å². The second kappa shape index (κ2) is 5.65. The van der Waals surface area contributed by atoms with Crippen molar-refractivity contribution in [2.45, 2.75) is 26.1 Å². The van der Waals surface area contributed by atoms with Gasteiger partial charge >= 0.3 is 6.09 Å². The van der Waals surface area contributed by atoms with Crippen molar-refractivity contribution in [1.29, 1.82) is 0 Å². The molecule has 0 spiro atoms. The SMILES string of the molecule is Cc1nccn1-c1ccc(N2C(=O)OC(n3cnnn3)C2C)cc1F. The number of imidazole rings is 1. The minimum atomic E-state index is -0.680. The molecule has 2 aromatic heterocycles. The first-order chi connectivity index (χ1) is 12.1. The Hall–Kier alpha value is -3.30. The fourth-order valence-corrected chi connectivity index (χ4v) is 2.93. The van der Waals surface area contributed by atoms with Gasteiger partial charge in [-0.1, -0.05) is 0 Å². The van der Waals surface area contributed by atoms with Gasteiger partial charge in [-0.15, -0.1) is 5.10 Å². The Kier molecular flexibility index (Phi) is 3.45. The van der Waals surface area contributed by atoms with E-state index in [1.54, 1.807) is 42.9 Å². The number of hydrogen-bond acceptors (Lipinski definition) is 6. The van der Waals surface area contributed by atoms with Crippen molar-refractivity contribution >= 4 is 11.8 Å². The summed E-state index contributed by atoms with van der Waals surface area (Å²) >= 11 is 0. The third kappa shape index (κ3) is 2.42. The van der Waals surface area contributed by atoms with Gasteiger partial charge in [0.25, 0.3) is 0 Å². The summed E-state index contributed by atoms with van der Waals surface area (Å²) in [6.07, 6.45) is 3.37. The maximum atomic E-state index is 14.6. The van der Waals surface area contributed by atoms with Gasteiger partial charge < -0.3 is 9.30 Å². The predicted octanol–water partition coefficient (Wildman–Crippen LogP) is 1.85. The molecule has 3 heterocycles. The smallest absolute Gasteiger partial charge is 0.416 e. The van der Waals surface area contributed by atoms with Gasteiger partial charge in [-0.25, -0.2) is 14.2 Å². The number of rotatable bonds is 3. The van der Waals surface area contributed by atoms with Crippen LogP contribution in [0.5, 0.6) is 0 Å². The summed E-state index contributed by atoms with van der Waals surface area (Å²) in [5.41, 5.74) is 0.753. The second-order valence-corrected chi connectivity index (χ2v) is 5.65. The van der Waals surface area contributed by atoms with Crippen LogP contribution in [0.3, 0.4) is 0 Å². The highest BCUT2D eigenvalue weighted by Gasteiger charge is 2.41. The van der Waals surface area contributed by atoms with Gasteiger partial charge in [-0.3, -0.25) is 4.90 Å². The lowest BCUT2D eigenvalue weighted by Crippen LogP contribution is -2.33. The van der Waals surface area contributed by atoms with Crippen molar-refractivity contribution in [2.75, 3.05) is 4.90 Å². The van der Waals surface area contributed by atoms with E-state index in [-0.39, 0.29) is 0 Å². The van der Waals surface area contributed by atoms with E-state index in [0.717, 1.165) is 0 Å². The minimum Gasteiger partial charge on any atom is -0.421 e.